The summed E-state index contributed by atoms with van der Waals surface area (Å²) in [5, 5.41) is 13.3. The molecular weight excluding hydrogens is 178 g/mol. The summed E-state index contributed by atoms with van der Waals surface area (Å²) in [6.07, 6.45) is 1.61. The van der Waals surface area contributed by atoms with Crippen LogP contribution >= 0.6 is 11.6 Å². The molecule has 0 unspecified atom stereocenters. The maximum Gasteiger partial charge on any atom is 0.153 e. The van der Waals surface area contributed by atoms with Crippen molar-refractivity contribution in [1.29, 1.82) is 0 Å². The smallest absolute Gasteiger partial charge is 0.153 e. The highest BCUT2D eigenvalue weighted by atomic mass is 35.5. The van der Waals surface area contributed by atoms with Gasteiger partial charge in [0.25, 0.3) is 0 Å². The third-order valence-electron chi connectivity index (χ3n) is 2.17. The van der Waals surface area contributed by atoms with Gasteiger partial charge in [-0.15, -0.1) is 0 Å². The van der Waals surface area contributed by atoms with Gasteiger partial charge >= 0.3 is 0 Å². The van der Waals surface area contributed by atoms with Crippen LogP contribution in [0, 0.1) is 0 Å². The van der Waals surface area contributed by atoms with Gasteiger partial charge in [-0.1, -0.05) is 11.6 Å². The largest absolute Gasteiger partial charge is 0.381 e. The molecule has 4 nitrogen and oxygen atoms in total. The molecule has 0 spiro atoms. The molecule has 1 saturated heterocycles. The van der Waals surface area contributed by atoms with Crippen LogP contribution in [0.25, 0.3) is 0 Å². The van der Waals surface area contributed by atoms with Crippen molar-refractivity contribution >= 4 is 11.6 Å². The standard InChI is InChI=1S/C7H10ClN3O/c1-11-4-10-6(8)5(11)7(12)2-9-3-7/h4,9,12H,2-3H2,1H3. The maximum absolute atomic E-state index is 9.92. The molecule has 0 saturated carbocycles. The molecular formula is C7H10ClN3O. The monoisotopic (exact) mass is 187 g/mol. The number of β-amino-alcohol motifs (C(OH)–C–C–N with tert-alkyl or cyclic N) is 1. The molecule has 66 valence electrons. The van der Waals surface area contributed by atoms with Crippen molar-refractivity contribution in [1.82, 2.24) is 14.9 Å². The quantitative estimate of drug-likeness (QED) is 0.644. The number of imidazole rings is 1. The van der Waals surface area contributed by atoms with Crippen LogP contribution in [0.15, 0.2) is 6.33 Å². The zero-order chi connectivity index (χ0) is 8.77. The zero-order valence-electron chi connectivity index (χ0n) is 6.71. The molecule has 1 aromatic rings. The van der Waals surface area contributed by atoms with E-state index in [1.165, 1.54) is 0 Å². The van der Waals surface area contributed by atoms with Gasteiger partial charge in [0, 0.05) is 20.1 Å². The Labute approximate surface area is 75.2 Å². The molecule has 0 aromatic carbocycles. The van der Waals surface area contributed by atoms with Gasteiger partial charge < -0.3 is 15.0 Å². The highest BCUT2D eigenvalue weighted by Gasteiger charge is 2.40. The fourth-order valence-corrected chi connectivity index (χ4v) is 1.80. The summed E-state index contributed by atoms with van der Waals surface area (Å²) in [4.78, 5) is 3.90. The molecule has 5 heteroatoms. The molecule has 0 radical (unpaired) electrons. The second kappa shape index (κ2) is 2.45. The molecule has 0 amide bonds. The summed E-state index contributed by atoms with van der Waals surface area (Å²) in [5.74, 6) is 0. The molecule has 1 aliphatic rings. The van der Waals surface area contributed by atoms with Crippen molar-refractivity contribution in [3.8, 4) is 0 Å². The number of aliphatic hydroxyl groups is 1. The number of rotatable bonds is 1. The van der Waals surface area contributed by atoms with Gasteiger partial charge in [-0.2, -0.15) is 0 Å². The topological polar surface area (TPSA) is 50.1 Å². The first-order valence-electron chi connectivity index (χ1n) is 3.74. The molecule has 1 aromatic heterocycles. The van der Waals surface area contributed by atoms with E-state index in [0.717, 1.165) is 0 Å². The Hall–Kier alpha value is -0.580. The van der Waals surface area contributed by atoms with Crippen molar-refractivity contribution in [2.45, 2.75) is 5.60 Å². The summed E-state index contributed by atoms with van der Waals surface area (Å²) in [7, 11) is 1.82. The van der Waals surface area contributed by atoms with E-state index in [-0.39, 0.29) is 0 Å². The summed E-state index contributed by atoms with van der Waals surface area (Å²) < 4.78 is 1.75. The number of hydrogen-bond donors (Lipinski definition) is 2. The summed E-state index contributed by atoms with van der Waals surface area (Å²) in [6.45, 7) is 1.10. The number of nitrogens with one attached hydrogen (secondary N) is 1. The lowest BCUT2D eigenvalue weighted by molar-refractivity contribution is -0.0208. The molecule has 0 atom stereocenters. The normalized spacial score (nSPS) is 20.6. The Morgan fingerprint density at radius 3 is 2.75 bits per heavy atom. The Bertz CT molecular complexity index is 286. The summed E-state index contributed by atoms with van der Waals surface area (Å²) in [5.41, 5.74) is -0.120. The Kier molecular flexibility index (Phi) is 1.64. The summed E-state index contributed by atoms with van der Waals surface area (Å²) in [6, 6.07) is 0. The first-order valence-corrected chi connectivity index (χ1v) is 4.12. The van der Waals surface area contributed by atoms with E-state index in [9.17, 15) is 5.11 Å². The van der Waals surface area contributed by atoms with Crippen LogP contribution in [0.5, 0.6) is 0 Å². The number of halogens is 1. The van der Waals surface area contributed by atoms with E-state index in [2.05, 4.69) is 10.3 Å². The fourth-order valence-electron chi connectivity index (χ4n) is 1.45. The van der Waals surface area contributed by atoms with Crippen LogP contribution < -0.4 is 5.32 Å². The van der Waals surface area contributed by atoms with Crippen molar-refractivity contribution in [3.63, 3.8) is 0 Å². The average Bonchev–Trinajstić information content (AvgIpc) is 2.27. The van der Waals surface area contributed by atoms with Crippen molar-refractivity contribution in [2.75, 3.05) is 13.1 Å². The SMILES string of the molecule is Cn1cnc(Cl)c1C1(O)CNC1. The van der Waals surface area contributed by atoms with Gasteiger partial charge in [0.15, 0.2) is 5.15 Å². The highest BCUT2D eigenvalue weighted by Crippen LogP contribution is 2.29. The van der Waals surface area contributed by atoms with Gasteiger partial charge in [-0.05, 0) is 0 Å². The first kappa shape index (κ1) is 8.04. The van der Waals surface area contributed by atoms with Gasteiger partial charge in [0.1, 0.15) is 5.60 Å². The lowest BCUT2D eigenvalue weighted by Gasteiger charge is -2.37. The van der Waals surface area contributed by atoms with E-state index in [0.29, 0.717) is 23.9 Å². The van der Waals surface area contributed by atoms with Crippen molar-refractivity contribution in [3.05, 3.63) is 17.2 Å². The highest BCUT2D eigenvalue weighted by molar-refractivity contribution is 6.30. The molecule has 0 aliphatic carbocycles. The zero-order valence-corrected chi connectivity index (χ0v) is 7.47. The van der Waals surface area contributed by atoms with E-state index >= 15 is 0 Å². The van der Waals surface area contributed by atoms with Crippen LogP contribution in [0.4, 0.5) is 0 Å². The molecule has 0 bridgehead atoms. The predicted molar refractivity (Wildman–Crippen MR) is 45.0 cm³/mol. The van der Waals surface area contributed by atoms with E-state index < -0.39 is 5.60 Å². The van der Waals surface area contributed by atoms with Gasteiger partial charge in [0.2, 0.25) is 0 Å². The van der Waals surface area contributed by atoms with Crippen LogP contribution in [-0.4, -0.2) is 27.7 Å². The number of hydrogen-bond acceptors (Lipinski definition) is 3. The maximum atomic E-state index is 9.92. The molecule has 1 fully saturated rings. The van der Waals surface area contributed by atoms with Crippen LogP contribution in [0.2, 0.25) is 5.15 Å². The molecule has 2 rings (SSSR count). The molecule has 1 aliphatic heterocycles. The first-order chi connectivity index (χ1) is 5.63. The number of aromatic nitrogens is 2. The van der Waals surface area contributed by atoms with Crippen LogP contribution in [0.3, 0.4) is 0 Å². The second-order valence-electron chi connectivity index (χ2n) is 3.13. The molecule has 12 heavy (non-hydrogen) atoms. The molecule has 2 N–H and O–H groups in total. The van der Waals surface area contributed by atoms with Crippen LogP contribution in [0.1, 0.15) is 5.69 Å². The molecule has 2 heterocycles. The lowest BCUT2D eigenvalue weighted by atomic mass is 9.93. The third-order valence-corrected chi connectivity index (χ3v) is 2.44. The average molecular weight is 188 g/mol. The van der Waals surface area contributed by atoms with Crippen LogP contribution in [-0.2, 0) is 12.6 Å². The predicted octanol–water partition coefficient (Wildman–Crippen LogP) is -0.136. The van der Waals surface area contributed by atoms with E-state index in [1.807, 2.05) is 7.05 Å². The minimum atomic E-state index is -0.817. The summed E-state index contributed by atoms with van der Waals surface area (Å²) >= 11 is 5.82. The minimum absolute atomic E-state index is 0.390. The Morgan fingerprint density at radius 1 is 1.75 bits per heavy atom. The fraction of sp³-hybridized carbons (Fsp3) is 0.571. The van der Waals surface area contributed by atoms with Crippen molar-refractivity contribution in [2.24, 2.45) is 7.05 Å². The lowest BCUT2D eigenvalue weighted by Crippen LogP contribution is -2.57. The van der Waals surface area contributed by atoms with Crippen molar-refractivity contribution < 1.29 is 5.11 Å². The van der Waals surface area contributed by atoms with E-state index in [4.69, 9.17) is 11.6 Å². The van der Waals surface area contributed by atoms with Gasteiger partial charge in [-0.25, -0.2) is 4.98 Å². The third kappa shape index (κ3) is 0.957. The van der Waals surface area contributed by atoms with Gasteiger partial charge in [0.05, 0.1) is 12.0 Å². The second-order valence-corrected chi connectivity index (χ2v) is 3.49. The number of aryl methyl sites for hydroxylation is 1. The Balaban J connectivity index is 2.44. The minimum Gasteiger partial charge on any atom is -0.381 e. The Morgan fingerprint density at radius 2 is 2.42 bits per heavy atom. The van der Waals surface area contributed by atoms with Gasteiger partial charge in [-0.3, -0.25) is 0 Å². The van der Waals surface area contributed by atoms with E-state index in [1.54, 1.807) is 10.9 Å². The number of nitrogens with zero attached hydrogens (tertiary/aromatic N) is 2.